The second-order valence-electron chi connectivity index (χ2n) is 11.1. The summed E-state index contributed by atoms with van der Waals surface area (Å²) in [5.41, 5.74) is 5.77. The zero-order valence-electron chi connectivity index (χ0n) is 26.6. The molecular weight excluding hydrogens is 592 g/mol. The summed E-state index contributed by atoms with van der Waals surface area (Å²) in [6, 6.07) is 26.5. The highest BCUT2D eigenvalue weighted by molar-refractivity contribution is 5.87. The van der Waals surface area contributed by atoms with Crippen LogP contribution in [0.1, 0.15) is 24.0 Å². The molecule has 0 radical (unpaired) electrons. The van der Waals surface area contributed by atoms with Crippen LogP contribution >= 0.6 is 0 Å². The van der Waals surface area contributed by atoms with Crippen LogP contribution in [0.5, 0.6) is 0 Å². The molecule has 8 nitrogen and oxygen atoms in total. The van der Waals surface area contributed by atoms with Crippen LogP contribution in [0.3, 0.4) is 0 Å². The highest BCUT2D eigenvalue weighted by atomic mass is 15.3. The Labute approximate surface area is 282 Å². The van der Waals surface area contributed by atoms with E-state index in [-0.39, 0.29) is 17.0 Å². The van der Waals surface area contributed by atoms with Crippen LogP contribution in [0.15, 0.2) is 131 Å². The maximum atomic E-state index is 10.1. The number of nitrogens with zero attached hydrogens (tertiary/aromatic N) is 8. The van der Waals surface area contributed by atoms with Gasteiger partial charge in [0.2, 0.25) is 0 Å². The molecule has 2 aromatic carbocycles. The molecule has 4 rings (SSSR count). The average molecular weight is 625 g/mol. The normalized spacial score (nSPS) is 16.5. The molecule has 2 aromatic rings. The summed E-state index contributed by atoms with van der Waals surface area (Å²) in [6.45, 7) is 18.6. The molecule has 0 aromatic heterocycles. The van der Waals surface area contributed by atoms with Crippen molar-refractivity contribution < 1.29 is 0 Å². The molecule has 0 unspecified atom stereocenters. The molecule has 1 heterocycles. The molecule has 232 valence electrons. The number of likely N-dealkylation sites (N-methyl/N-ethyl adjacent to an activating group) is 1. The number of allylic oxidation sites excluding steroid dienone is 12. The van der Waals surface area contributed by atoms with Gasteiger partial charge >= 0.3 is 5.82 Å². The summed E-state index contributed by atoms with van der Waals surface area (Å²) in [4.78, 5) is 11.4. The largest absolute Gasteiger partial charge is 0.528 e. The topological polar surface area (TPSA) is 110 Å². The summed E-state index contributed by atoms with van der Waals surface area (Å²) >= 11 is 0. The highest BCUT2D eigenvalue weighted by Gasteiger charge is 2.26. The van der Waals surface area contributed by atoms with E-state index < -0.39 is 5.92 Å². The first-order chi connectivity index (χ1) is 23.5. The van der Waals surface area contributed by atoms with Gasteiger partial charge in [-0.1, -0.05) is 85.0 Å². The predicted octanol–water partition coefficient (Wildman–Crippen LogP) is 7.62. The Bertz CT molecular complexity index is 1960. The SMILES string of the molecule is [C-]#[N+]C([N+]#[C-])=C(/C(C#N)=C/C=C/C1=C(N2CCN(C)CC2)C(=C/C=C/C(C#N)=C(\c2ccccc2)C(C#N)C#N)CC1)c1ccccc1. The van der Waals surface area contributed by atoms with Gasteiger partial charge in [0.25, 0.3) is 0 Å². The van der Waals surface area contributed by atoms with Crippen molar-refractivity contribution in [3.8, 4) is 24.3 Å². The van der Waals surface area contributed by atoms with E-state index in [9.17, 15) is 21.0 Å². The predicted molar refractivity (Wildman–Crippen MR) is 186 cm³/mol. The fourth-order valence-electron chi connectivity index (χ4n) is 5.76. The first kappa shape index (κ1) is 34.2. The van der Waals surface area contributed by atoms with Gasteiger partial charge in [0.05, 0.1) is 41.0 Å². The number of nitriles is 4. The lowest BCUT2D eigenvalue weighted by Gasteiger charge is -2.36. The number of benzene rings is 2. The first-order valence-corrected chi connectivity index (χ1v) is 15.4. The van der Waals surface area contributed by atoms with Crippen LogP contribution in [0.25, 0.3) is 20.8 Å². The summed E-state index contributed by atoms with van der Waals surface area (Å²) in [6.07, 6.45) is 12.5. The zero-order valence-corrected chi connectivity index (χ0v) is 26.6. The molecule has 1 saturated heterocycles. The molecule has 0 spiro atoms. The van der Waals surface area contributed by atoms with E-state index in [1.54, 1.807) is 36.4 Å². The first-order valence-electron chi connectivity index (χ1n) is 15.4. The molecular formula is C40H32N8. The van der Waals surface area contributed by atoms with Gasteiger partial charge in [-0.15, -0.1) is 0 Å². The van der Waals surface area contributed by atoms with E-state index in [2.05, 4.69) is 38.7 Å². The van der Waals surface area contributed by atoms with Crippen molar-refractivity contribution in [2.75, 3.05) is 33.2 Å². The monoisotopic (exact) mass is 624 g/mol. The van der Waals surface area contributed by atoms with E-state index in [4.69, 9.17) is 13.1 Å². The van der Waals surface area contributed by atoms with Crippen LogP contribution in [-0.4, -0.2) is 43.0 Å². The van der Waals surface area contributed by atoms with Crippen molar-refractivity contribution in [3.63, 3.8) is 0 Å². The van der Waals surface area contributed by atoms with Crippen molar-refractivity contribution in [2.45, 2.75) is 12.8 Å². The Hall–Kier alpha value is -6.68. The van der Waals surface area contributed by atoms with Gasteiger partial charge in [-0.25, -0.2) is 0 Å². The van der Waals surface area contributed by atoms with Crippen molar-refractivity contribution in [1.82, 2.24) is 9.80 Å². The second kappa shape index (κ2) is 17.1. The summed E-state index contributed by atoms with van der Waals surface area (Å²) in [5.74, 6) is -1.25. The molecule has 1 aliphatic heterocycles. The molecule has 48 heavy (non-hydrogen) atoms. The van der Waals surface area contributed by atoms with Gasteiger partial charge in [-0.3, -0.25) is 0 Å². The Morgan fingerprint density at radius 1 is 0.812 bits per heavy atom. The summed E-state index contributed by atoms with van der Waals surface area (Å²) in [5, 5.41) is 39.4. The number of hydrogen-bond donors (Lipinski definition) is 0. The molecule has 0 atom stereocenters. The molecule has 0 amide bonds. The van der Waals surface area contributed by atoms with Gasteiger partial charge in [0.1, 0.15) is 13.1 Å². The molecule has 0 N–H and O–H groups in total. The van der Waals surface area contributed by atoms with Crippen molar-refractivity contribution >= 4 is 11.1 Å². The van der Waals surface area contributed by atoms with E-state index in [1.807, 2.05) is 72.8 Å². The summed E-state index contributed by atoms with van der Waals surface area (Å²) in [7, 11) is 2.10. The quantitative estimate of drug-likeness (QED) is 0.161. The Morgan fingerprint density at radius 2 is 1.44 bits per heavy atom. The molecule has 8 heteroatoms. The average Bonchev–Trinajstić information content (AvgIpc) is 3.53. The minimum Gasteiger partial charge on any atom is -0.369 e. The van der Waals surface area contributed by atoms with Crippen molar-refractivity contribution in [3.05, 3.63) is 165 Å². The lowest BCUT2D eigenvalue weighted by atomic mass is 9.90. The van der Waals surface area contributed by atoms with Crippen LogP contribution in [0.2, 0.25) is 0 Å². The number of hydrogen-bond acceptors (Lipinski definition) is 6. The molecule has 1 aliphatic carbocycles. The van der Waals surface area contributed by atoms with Crippen LogP contribution in [-0.2, 0) is 0 Å². The molecule has 0 saturated carbocycles. The van der Waals surface area contributed by atoms with Crippen LogP contribution < -0.4 is 0 Å². The second-order valence-corrected chi connectivity index (χ2v) is 11.1. The Morgan fingerprint density at radius 3 is 2.00 bits per heavy atom. The fraction of sp³-hybridized carbons (Fsp3) is 0.200. The van der Waals surface area contributed by atoms with E-state index in [0.29, 0.717) is 22.3 Å². The van der Waals surface area contributed by atoms with Gasteiger partial charge in [0.15, 0.2) is 5.92 Å². The standard InChI is InChI=1S/C40H32N8/c1-45-40(46-2)38(31-14-8-5-9-15-31)35(27-42)19-11-17-33-21-20-32(39(33)48-24-22-47(3)23-25-48)16-10-18-34(26-41)37(36(28-43)29-44)30-12-6-4-7-13-30/h4-19,36H,20-25H2,3H3/b17-11+,18-10+,32-16?,35-19+,37-34-. The van der Waals surface area contributed by atoms with Gasteiger partial charge in [-0.05, 0) is 54.3 Å². The fourth-order valence-corrected chi connectivity index (χ4v) is 5.76. The van der Waals surface area contributed by atoms with Crippen molar-refractivity contribution in [1.29, 1.82) is 21.0 Å². The van der Waals surface area contributed by atoms with Crippen LogP contribution in [0.4, 0.5) is 0 Å². The zero-order chi connectivity index (χ0) is 34.3. The number of rotatable bonds is 9. The summed E-state index contributed by atoms with van der Waals surface area (Å²) < 4.78 is 0. The third-order valence-corrected chi connectivity index (χ3v) is 8.14. The number of piperazine rings is 1. The van der Waals surface area contributed by atoms with Crippen molar-refractivity contribution in [2.24, 2.45) is 5.92 Å². The van der Waals surface area contributed by atoms with Crippen LogP contribution in [0, 0.1) is 64.4 Å². The van der Waals surface area contributed by atoms with E-state index >= 15 is 0 Å². The molecule has 2 aliphatic rings. The van der Waals surface area contributed by atoms with E-state index in [1.165, 1.54) is 0 Å². The smallest absolute Gasteiger partial charge is 0.369 e. The third kappa shape index (κ3) is 8.12. The molecule has 0 bridgehead atoms. The third-order valence-electron chi connectivity index (χ3n) is 8.14. The highest BCUT2D eigenvalue weighted by Crippen LogP contribution is 2.36. The lowest BCUT2D eigenvalue weighted by molar-refractivity contribution is 0.188. The van der Waals surface area contributed by atoms with Gasteiger partial charge < -0.3 is 9.80 Å². The molecule has 1 fully saturated rings. The Kier molecular flexibility index (Phi) is 12.2. The maximum absolute atomic E-state index is 10.1. The lowest BCUT2D eigenvalue weighted by Crippen LogP contribution is -2.44. The van der Waals surface area contributed by atoms with Gasteiger partial charge in [0, 0.05) is 37.4 Å². The minimum absolute atomic E-state index is 0.158. The Balaban J connectivity index is 1.75. The maximum Gasteiger partial charge on any atom is 0.528 e. The van der Waals surface area contributed by atoms with Gasteiger partial charge in [-0.2, -0.15) is 30.7 Å². The minimum atomic E-state index is -1.09. The van der Waals surface area contributed by atoms with E-state index in [0.717, 1.165) is 55.9 Å².